The molecule has 1 aromatic heterocycles. The number of nitrogens with one attached hydrogen (secondary N) is 1. The summed E-state index contributed by atoms with van der Waals surface area (Å²) < 4.78 is 0. The van der Waals surface area contributed by atoms with Crippen molar-refractivity contribution in [1.29, 1.82) is 0 Å². The maximum Gasteiger partial charge on any atom is 0.312 e. The largest absolute Gasteiger partial charge is 0.362 e. The van der Waals surface area contributed by atoms with Crippen LogP contribution < -0.4 is 5.32 Å². The van der Waals surface area contributed by atoms with E-state index in [1.165, 1.54) is 12.3 Å². The van der Waals surface area contributed by atoms with Crippen LogP contribution in [0.5, 0.6) is 0 Å². The van der Waals surface area contributed by atoms with Crippen LogP contribution in [-0.4, -0.2) is 15.9 Å². The standard InChI is InChI=1S/C12H18ClN3O2/c1-8(2)4-5-9(3)15-12-11(16(17)18)6-10(13)7-14-12/h6-9H,4-5H2,1-3H3,(H,14,15). The van der Waals surface area contributed by atoms with Crippen LogP contribution in [0, 0.1) is 16.0 Å². The predicted molar refractivity (Wildman–Crippen MR) is 73.1 cm³/mol. The third-order valence-electron chi connectivity index (χ3n) is 2.59. The van der Waals surface area contributed by atoms with E-state index in [-0.39, 0.29) is 22.6 Å². The average molecular weight is 272 g/mol. The molecule has 100 valence electrons. The van der Waals surface area contributed by atoms with E-state index in [1.54, 1.807) is 0 Å². The molecular weight excluding hydrogens is 254 g/mol. The number of pyridine rings is 1. The van der Waals surface area contributed by atoms with E-state index in [1.807, 2.05) is 6.92 Å². The Balaban J connectivity index is 2.74. The zero-order valence-electron chi connectivity index (χ0n) is 10.8. The molecule has 0 bridgehead atoms. The lowest BCUT2D eigenvalue weighted by Gasteiger charge is -2.15. The van der Waals surface area contributed by atoms with Crippen molar-refractivity contribution in [3.05, 3.63) is 27.4 Å². The lowest BCUT2D eigenvalue weighted by molar-refractivity contribution is -0.384. The van der Waals surface area contributed by atoms with Gasteiger partial charge in [0.2, 0.25) is 5.82 Å². The maximum absolute atomic E-state index is 10.9. The molecular formula is C12H18ClN3O2. The minimum Gasteiger partial charge on any atom is -0.362 e. The fourth-order valence-corrected chi connectivity index (χ4v) is 1.72. The van der Waals surface area contributed by atoms with Gasteiger partial charge in [0.25, 0.3) is 0 Å². The van der Waals surface area contributed by atoms with E-state index in [2.05, 4.69) is 24.1 Å². The molecule has 18 heavy (non-hydrogen) atoms. The van der Waals surface area contributed by atoms with E-state index in [4.69, 9.17) is 11.6 Å². The van der Waals surface area contributed by atoms with Crippen LogP contribution in [0.1, 0.15) is 33.6 Å². The molecule has 0 fully saturated rings. The topological polar surface area (TPSA) is 68.1 Å². The van der Waals surface area contributed by atoms with Gasteiger partial charge in [0.15, 0.2) is 0 Å². The minimum absolute atomic E-state index is 0.0844. The Morgan fingerprint density at radius 1 is 1.44 bits per heavy atom. The molecule has 6 heteroatoms. The quantitative estimate of drug-likeness (QED) is 0.630. The number of halogens is 1. The summed E-state index contributed by atoms with van der Waals surface area (Å²) in [5, 5.41) is 14.2. The summed E-state index contributed by atoms with van der Waals surface area (Å²) >= 11 is 5.71. The Labute approximate surface area is 112 Å². The van der Waals surface area contributed by atoms with Gasteiger partial charge in [0, 0.05) is 18.3 Å². The second kappa shape index (κ2) is 6.54. The summed E-state index contributed by atoms with van der Waals surface area (Å²) in [6.07, 6.45) is 3.42. The molecule has 0 aliphatic heterocycles. The summed E-state index contributed by atoms with van der Waals surface area (Å²) in [5.41, 5.74) is -0.0844. The molecule has 0 aromatic carbocycles. The van der Waals surface area contributed by atoms with Gasteiger partial charge in [-0.15, -0.1) is 0 Å². The third-order valence-corrected chi connectivity index (χ3v) is 2.80. The third kappa shape index (κ3) is 4.49. The highest BCUT2D eigenvalue weighted by molar-refractivity contribution is 6.30. The number of hydrogen-bond acceptors (Lipinski definition) is 4. The van der Waals surface area contributed by atoms with Crippen molar-refractivity contribution in [1.82, 2.24) is 4.98 Å². The lowest BCUT2D eigenvalue weighted by Crippen LogP contribution is -2.17. The number of rotatable bonds is 6. The second-order valence-electron chi connectivity index (χ2n) is 4.79. The molecule has 1 N–H and O–H groups in total. The first-order valence-corrected chi connectivity index (χ1v) is 6.34. The van der Waals surface area contributed by atoms with Crippen LogP contribution in [0.3, 0.4) is 0 Å². The minimum atomic E-state index is -0.476. The van der Waals surface area contributed by atoms with Crippen molar-refractivity contribution in [3.63, 3.8) is 0 Å². The molecule has 1 heterocycles. The predicted octanol–water partition coefficient (Wildman–Crippen LogP) is 3.88. The first kappa shape index (κ1) is 14.7. The number of anilines is 1. The highest BCUT2D eigenvalue weighted by Gasteiger charge is 2.17. The van der Waals surface area contributed by atoms with Gasteiger partial charge < -0.3 is 5.32 Å². The molecule has 1 aromatic rings. The van der Waals surface area contributed by atoms with Crippen molar-refractivity contribution in [2.75, 3.05) is 5.32 Å². The molecule has 0 spiro atoms. The van der Waals surface area contributed by atoms with Crippen molar-refractivity contribution >= 4 is 23.1 Å². The SMILES string of the molecule is CC(C)CCC(C)Nc1ncc(Cl)cc1[N+](=O)[O-]. The molecule has 0 aliphatic rings. The molecule has 0 radical (unpaired) electrons. The Bertz CT molecular complexity index is 424. The van der Waals surface area contributed by atoms with Gasteiger partial charge in [-0.1, -0.05) is 25.4 Å². The van der Waals surface area contributed by atoms with E-state index in [0.717, 1.165) is 12.8 Å². The Kier molecular flexibility index (Phi) is 5.34. The normalized spacial score (nSPS) is 12.5. The van der Waals surface area contributed by atoms with Gasteiger partial charge in [-0.05, 0) is 25.7 Å². The summed E-state index contributed by atoms with van der Waals surface area (Å²) in [4.78, 5) is 14.4. The van der Waals surface area contributed by atoms with Crippen LogP contribution in [0.2, 0.25) is 5.02 Å². The van der Waals surface area contributed by atoms with Crippen molar-refractivity contribution in [2.24, 2.45) is 5.92 Å². The van der Waals surface area contributed by atoms with E-state index < -0.39 is 4.92 Å². The van der Waals surface area contributed by atoms with Gasteiger partial charge in [-0.2, -0.15) is 0 Å². The Morgan fingerprint density at radius 2 is 2.11 bits per heavy atom. The summed E-state index contributed by atoms with van der Waals surface area (Å²) in [7, 11) is 0. The monoisotopic (exact) mass is 271 g/mol. The smallest absolute Gasteiger partial charge is 0.312 e. The average Bonchev–Trinajstić information content (AvgIpc) is 2.28. The first-order valence-electron chi connectivity index (χ1n) is 5.96. The molecule has 1 rings (SSSR count). The van der Waals surface area contributed by atoms with Gasteiger partial charge in [-0.3, -0.25) is 10.1 Å². The zero-order valence-corrected chi connectivity index (χ0v) is 11.6. The van der Waals surface area contributed by atoms with Gasteiger partial charge >= 0.3 is 5.69 Å². The number of nitrogens with zero attached hydrogens (tertiary/aromatic N) is 2. The fraction of sp³-hybridized carbons (Fsp3) is 0.583. The van der Waals surface area contributed by atoms with E-state index in [9.17, 15) is 10.1 Å². The number of nitro groups is 1. The van der Waals surface area contributed by atoms with Gasteiger partial charge in [-0.25, -0.2) is 4.98 Å². The van der Waals surface area contributed by atoms with Crippen molar-refractivity contribution in [3.8, 4) is 0 Å². The molecule has 5 nitrogen and oxygen atoms in total. The van der Waals surface area contributed by atoms with Crippen molar-refractivity contribution in [2.45, 2.75) is 39.7 Å². The van der Waals surface area contributed by atoms with Crippen LogP contribution >= 0.6 is 11.6 Å². The molecule has 0 saturated carbocycles. The summed E-state index contributed by atoms with van der Waals surface area (Å²) in [6, 6.07) is 1.45. The van der Waals surface area contributed by atoms with Crippen LogP contribution in [-0.2, 0) is 0 Å². The lowest BCUT2D eigenvalue weighted by atomic mass is 10.0. The second-order valence-corrected chi connectivity index (χ2v) is 5.23. The van der Waals surface area contributed by atoms with Crippen molar-refractivity contribution < 1.29 is 4.92 Å². The Morgan fingerprint density at radius 3 is 2.67 bits per heavy atom. The number of aromatic nitrogens is 1. The maximum atomic E-state index is 10.9. The molecule has 0 amide bonds. The van der Waals surface area contributed by atoms with E-state index in [0.29, 0.717) is 5.92 Å². The van der Waals surface area contributed by atoms with E-state index >= 15 is 0 Å². The fourth-order valence-electron chi connectivity index (χ4n) is 1.57. The first-order chi connectivity index (χ1) is 8.40. The van der Waals surface area contributed by atoms with Gasteiger partial charge in [0.05, 0.1) is 9.95 Å². The summed E-state index contributed by atoms with van der Waals surface area (Å²) in [5.74, 6) is 0.892. The van der Waals surface area contributed by atoms with Crippen LogP contribution in [0.25, 0.3) is 0 Å². The molecule has 1 unspecified atom stereocenters. The molecule has 1 atom stereocenters. The van der Waals surface area contributed by atoms with Gasteiger partial charge in [0.1, 0.15) is 0 Å². The highest BCUT2D eigenvalue weighted by atomic mass is 35.5. The summed E-state index contributed by atoms with van der Waals surface area (Å²) in [6.45, 7) is 6.29. The van der Waals surface area contributed by atoms with Crippen LogP contribution in [0.4, 0.5) is 11.5 Å². The highest BCUT2D eigenvalue weighted by Crippen LogP contribution is 2.26. The number of hydrogen-bond donors (Lipinski definition) is 1. The van der Waals surface area contributed by atoms with Crippen LogP contribution in [0.15, 0.2) is 12.3 Å². The Hall–Kier alpha value is -1.36. The zero-order chi connectivity index (χ0) is 13.7. The molecule has 0 saturated heterocycles. The molecule has 0 aliphatic carbocycles.